The standard InChI is InChI=1S/C31H40N4O3/c1-21-9-7-10-22(2)29(21)31(38)34-19-25-17-33(18-26(25)20-34)16-14-27(24-11-5-4-6-12-24)32-30(37)28-13-8-15-35(28)23(3)36/h4-7,9-12,25-28H,8,13-20H2,1-3H3,(H,32,37)/t25?,26?,27-,28-/m0/s1. The third-order valence-electron chi connectivity index (χ3n) is 8.76. The minimum absolute atomic E-state index is 0.0346. The lowest BCUT2D eigenvalue weighted by atomic mass is 10.0. The van der Waals surface area contributed by atoms with Gasteiger partial charge in [-0.25, -0.2) is 0 Å². The molecule has 7 nitrogen and oxygen atoms in total. The lowest BCUT2D eigenvalue weighted by Gasteiger charge is -2.28. The van der Waals surface area contributed by atoms with Crippen LogP contribution in [0.1, 0.15) is 59.3 Å². The molecule has 0 aliphatic carbocycles. The van der Waals surface area contributed by atoms with Crippen LogP contribution >= 0.6 is 0 Å². The van der Waals surface area contributed by atoms with Crippen LogP contribution in [0.4, 0.5) is 0 Å². The van der Waals surface area contributed by atoms with Crippen molar-refractivity contribution in [1.29, 1.82) is 0 Å². The highest BCUT2D eigenvalue weighted by Gasteiger charge is 2.42. The summed E-state index contributed by atoms with van der Waals surface area (Å²) in [5.74, 6) is 1.07. The monoisotopic (exact) mass is 516 g/mol. The van der Waals surface area contributed by atoms with E-state index in [1.54, 1.807) is 11.8 Å². The van der Waals surface area contributed by atoms with Gasteiger partial charge in [0.2, 0.25) is 11.8 Å². The molecule has 7 heteroatoms. The molecule has 4 atom stereocenters. The van der Waals surface area contributed by atoms with E-state index in [0.717, 1.165) is 74.2 Å². The number of rotatable bonds is 7. The molecule has 0 spiro atoms. The van der Waals surface area contributed by atoms with Gasteiger partial charge in [0.15, 0.2) is 0 Å². The van der Waals surface area contributed by atoms with Crippen molar-refractivity contribution in [3.8, 4) is 0 Å². The second-order valence-electron chi connectivity index (χ2n) is 11.4. The molecule has 3 amide bonds. The number of aryl methyl sites for hydroxylation is 2. The van der Waals surface area contributed by atoms with Crippen LogP contribution in [-0.2, 0) is 9.59 Å². The summed E-state index contributed by atoms with van der Waals surface area (Å²) in [5, 5.41) is 3.27. The maximum Gasteiger partial charge on any atom is 0.254 e. The molecule has 3 aliphatic rings. The highest BCUT2D eigenvalue weighted by molar-refractivity contribution is 5.97. The molecule has 3 saturated heterocycles. The average molecular weight is 517 g/mol. The van der Waals surface area contributed by atoms with Gasteiger partial charge < -0.3 is 20.0 Å². The van der Waals surface area contributed by atoms with Gasteiger partial charge in [-0.3, -0.25) is 14.4 Å². The molecule has 0 bridgehead atoms. The van der Waals surface area contributed by atoms with E-state index in [0.29, 0.717) is 18.4 Å². The molecule has 0 saturated carbocycles. The number of fused-ring (bicyclic) bond motifs is 1. The van der Waals surface area contributed by atoms with Crippen molar-refractivity contribution >= 4 is 17.7 Å². The molecule has 1 N–H and O–H groups in total. The first-order valence-corrected chi connectivity index (χ1v) is 14.0. The fourth-order valence-corrected chi connectivity index (χ4v) is 6.75. The molecule has 0 aromatic heterocycles. The Labute approximate surface area is 226 Å². The molecule has 2 unspecified atom stereocenters. The Hall–Kier alpha value is -3.19. The summed E-state index contributed by atoms with van der Waals surface area (Å²) in [4.78, 5) is 44.8. The van der Waals surface area contributed by atoms with Crippen LogP contribution in [0.2, 0.25) is 0 Å². The van der Waals surface area contributed by atoms with Crippen LogP contribution in [0, 0.1) is 25.7 Å². The van der Waals surface area contributed by atoms with Gasteiger partial charge in [-0.15, -0.1) is 0 Å². The first-order valence-electron chi connectivity index (χ1n) is 14.0. The molecular formula is C31H40N4O3. The minimum Gasteiger partial charge on any atom is -0.347 e. The van der Waals surface area contributed by atoms with E-state index in [1.165, 1.54) is 0 Å². The van der Waals surface area contributed by atoms with Crippen molar-refractivity contribution in [3.05, 3.63) is 70.8 Å². The van der Waals surface area contributed by atoms with Gasteiger partial charge in [-0.1, -0.05) is 48.5 Å². The van der Waals surface area contributed by atoms with Gasteiger partial charge in [-0.2, -0.15) is 0 Å². The van der Waals surface area contributed by atoms with Crippen LogP contribution in [0.5, 0.6) is 0 Å². The van der Waals surface area contributed by atoms with E-state index >= 15 is 0 Å². The predicted octanol–water partition coefficient (Wildman–Crippen LogP) is 3.57. The zero-order valence-corrected chi connectivity index (χ0v) is 22.9. The Kier molecular flexibility index (Phi) is 7.84. The predicted molar refractivity (Wildman–Crippen MR) is 148 cm³/mol. The van der Waals surface area contributed by atoms with E-state index in [4.69, 9.17) is 0 Å². The molecule has 202 valence electrons. The van der Waals surface area contributed by atoms with Crippen molar-refractivity contribution in [3.63, 3.8) is 0 Å². The minimum atomic E-state index is -0.370. The van der Waals surface area contributed by atoms with Crippen LogP contribution in [-0.4, -0.2) is 77.7 Å². The highest BCUT2D eigenvalue weighted by atomic mass is 16.2. The van der Waals surface area contributed by atoms with Crippen molar-refractivity contribution in [2.45, 2.75) is 52.1 Å². The summed E-state index contributed by atoms with van der Waals surface area (Å²) in [6, 6.07) is 15.7. The van der Waals surface area contributed by atoms with Crippen molar-refractivity contribution in [2.75, 3.05) is 39.3 Å². The number of hydrogen-bond acceptors (Lipinski definition) is 4. The number of likely N-dealkylation sites (tertiary alicyclic amines) is 3. The molecule has 38 heavy (non-hydrogen) atoms. The van der Waals surface area contributed by atoms with Crippen LogP contribution in [0.3, 0.4) is 0 Å². The summed E-state index contributed by atoms with van der Waals surface area (Å²) in [5.41, 5.74) is 4.05. The summed E-state index contributed by atoms with van der Waals surface area (Å²) in [6.07, 6.45) is 2.40. The number of benzene rings is 2. The van der Waals surface area contributed by atoms with Gasteiger partial charge >= 0.3 is 0 Å². The number of nitrogens with zero attached hydrogens (tertiary/aromatic N) is 3. The maximum atomic E-state index is 13.3. The van der Waals surface area contributed by atoms with E-state index in [9.17, 15) is 14.4 Å². The number of nitrogens with one attached hydrogen (secondary N) is 1. The summed E-state index contributed by atoms with van der Waals surface area (Å²) in [6.45, 7) is 10.7. The highest BCUT2D eigenvalue weighted by Crippen LogP contribution is 2.33. The number of carbonyl (C=O) groups is 3. The second kappa shape index (κ2) is 11.3. The largest absolute Gasteiger partial charge is 0.347 e. The van der Waals surface area contributed by atoms with Crippen LogP contribution in [0.25, 0.3) is 0 Å². The molecule has 2 aromatic rings. The van der Waals surface area contributed by atoms with Crippen molar-refractivity contribution < 1.29 is 14.4 Å². The van der Waals surface area contributed by atoms with E-state index in [1.807, 2.05) is 50.2 Å². The van der Waals surface area contributed by atoms with Crippen LogP contribution in [0.15, 0.2) is 48.5 Å². The number of amides is 3. The lowest BCUT2D eigenvalue weighted by Crippen LogP contribution is -2.46. The number of hydrogen-bond donors (Lipinski definition) is 1. The van der Waals surface area contributed by atoms with Gasteiger partial charge in [0, 0.05) is 51.8 Å². The van der Waals surface area contributed by atoms with E-state index in [-0.39, 0.29) is 29.8 Å². The molecule has 0 radical (unpaired) electrons. The Bertz CT molecular complexity index is 1150. The molecule has 3 aliphatic heterocycles. The van der Waals surface area contributed by atoms with Gasteiger partial charge in [0.25, 0.3) is 5.91 Å². The molecular weight excluding hydrogens is 476 g/mol. The maximum absolute atomic E-state index is 13.3. The molecule has 3 heterocycles. The topological polar surface area (TPSA) is 73.0 Å². The van der Waals surface area contributed by atoms with E-state index in [2.05, 4.69) is 27.2 Å². The Morgan fingerprint density at radius 1 is 0.921 bits per heavy atom. The Balaban J connectivity index is 1.18. The lowest BCUT2D eigenvalue weighted by molar-refractivity contribution is -0.137. The number of carbonyl (C=O) groups excluding carboxylic acids is 3. The van der Waals surface area contributed by atoms with Gasteiger partial charge in [-0.05, 0) is 61.6 Å². The summed E-state index contributed by atoms with van der Waals surface area (Å²) >= 11 is 0. The molecule has 5 rings (SSSR count). The molecule has 3 fully saturated rings. The third-order valence-corrected chi connectivity index (χ3v) is 8.76. The quantitative estimate of drug-likeness (QED) is 0.611. The second-order valence-corrected chi connectivity index (χ2v) is 11.4. The normalized spacial score (nSPS) is 23.9. The SMILES string of the molecule is CC(=O)N1CCC[C@H]1C(=O)N[C@@H](CCN1CC2CN(C(=O)c3c(C)cccc3C)CC2C1)c1ccccc1. The fraction of sp³-hybridized carbons (Fsp3) is 0.516. The van der Waals surface area contributed by atoms with Crippen LogP contribution < -0.4 is 5.32 Å². The summed E-state index contributed by atoms with van der Waals surface area (Å²) < 4.78 is 0. The van der Waals surface area contributed by atoms with Gasteiger partial charge in [0.05, 0.1) is 6.04 Å². The Morgan fingerprint density at radius 2 is 1.58 bits per heavy atom. The zero-order chi connectivity index (χ0) is 26.8. The average Bonchev–Trinajstić information content (AvgIpc) is 3.62. The van der Waals surface area contributed by atoms with Gasteiger partial charge in [0.1, 0.15) is 6.04 Å². The fourth-order valence-electron chi connectivity index (χ4n) is 6.75. The Morgan fingerprint density at radius 3 is 2.21 bits per heavy atom. The first-order chi connectivity index (χ1) is 18.3. The molecule has 2 aromatic carbocycles. The smallest absolute Gasteiger partial charge is 0.254 e. The summed E-state index contributed by atoms with van der Waals surface area (Å²) in [7, 11) is 0. The third kappa shape index (κ3) is 5.48. The van der Waals surface area contributed by atoms with E-state index < -0.39 is 0 Å². The van der Waals surface area contributed by atoms with Crippen molar-refractivity contribution in [1.82, 2.24) is 20.0 Å². The first kappa shape index (κ1) is 26.4. The zero-order valence-electron chi connectivity index (χ0n) is 22.9. The van der Waals surface area contributed by atoms with Crippen molar-refractivity contribution in [2.24, 2.45) is 11.8 Å².